The molecule has 3 rings (SSSR count). The Morgan fingerprint density at radius 1 is 1.11 bits per heavy atom. The fraction of sp³-hybridized carbons (Fsp3) is 0.393. The van der Waals surface area contributed by atoms with Crippen LogP contribution in [0.1, 0.15) is 71.9 Å². The van der Waals surface area contributed by atoms with E-state index >= 15 is 0 Å². The molecule has 0 aliphatic rings. The van der Waals surface area contributed by atoms with Crippen LogP contribution in [0.2, 0.25) is 0 Å². The van der Waals surface area contributed by atoms with Crippen molar-refractivity contribution in [1.82, 2.24) is 15.1 Å². The topological polar surface area (TPSA) is 128 Å². The van der Waals surface area contributed by atoms with E-state index in [0.29, 0.717) is 29.9 Å². The molecule has 198 valence electrons. The SMILES string of the molecule is Cc1cccc(CNC(=O)c2nn(-c3ccc(F)cc3)c(CC[C@@H](O)C[C@@H](O)CC(=O)[O-])c2C(C)C)c1.[Na+]. The molecule has 1 heterocycles. The Labute approximate surface area is 244 Å². The van der Waals surface area contributed by atoms with Crippen LogP contribution < -0.4 is 40.0 Å². The van der Waals surface area contributed by atoms with Gasteiger partial charge in [0.2, 0.25) is 0 Å². The number of aliphatic hydroxyl groups is 2. The van der Waals surface area contributed by atoms with E-state index in [0.717, 1.165) is 11.1 Å². The maximum Gasteiger partial charge on any atom is 1.00 e. The van der Waals surface area contributed by atoms with Gasteiger partial charge in [-0.2, -0.15) is 5.10 Å². The standard InChI is InChI=1S/C28H34FN3O5.Na/c1-17(2)26-24(12-11-22(33)14-23(34)15-25(35)36)32(21-9-7-20(29)8-10-21)31-27(26)28(37)30-16-19-6-4-5-18(3)13-19;/h4-10,13,17,22-23,33-34H,11-12,14-16H2,1-3H3,(H,30,37)(H,35,36);/q;+1/p-1/t22-,23-;/m1./s1. The first-order valence-electron chi connectivity index (χ1n) is 12.3. The van der Waals surface area contributed by atoms with Crippen LogP contribution in [-0.2, 0) is 17.8 Å². The first-order chi connectivity index (χ1) is 17.5. The average Bonchev–Trinajstić information content (AvgIpc) is 3.21. The molecule has 3 aromatic rings. The molecular weight excluding hydrogens is 500 g/mol. The summed E-state index contributed by atoms with van der Waals surface area (Å²) in [6.07, 6.45) is -2.41. The number of nitrogens with zero attached hydrogens (tertiary/aromatic N) is 2. The number of rotatable bonds is 12. The molecule has 1 aromatic heterocycles. The van der Waals surface area contributed by atoms with Crippen LogP contribution in [0, 0.1) is 12.7 Å². The molecule has 0 fully saturated rings. The van der Waals surface area contributed by atoms with Crippen LogP contribution in [0.4, 0.5) is 4.39 Å². The van der Waals surface area contributed by atoms with Gasteiger partial charge in [-0.1, -0.05) is 43.7 Å². The Balaban J connectivity index is 0.00000507. The second-order valence-electron chi connectivity index (χ2n) is 9.58. The Kier molecular flexibility index (Phi) is 12.1. The van der Waals surface area contributed by atoms with Gasteiger partial charge in [0.05, 0.1) is 17.9 Å². The summed E-state index contributed by atoms with van der Waals surface area (Å²) in [6.45, 7) is 6.18. The molecule has 0 unspecified atom stereocenters. The fourth-order valence-corrected chi connectivity index (χ4v) is 4.37. The molecule has 38 heavy (non-hydrogen) atoms. The van der Waals surface area contributed by atoms with Gasteiger partial charge in [0.15, 0.2) is 5.69 Å². The minimum atomic E-state index is -1.39. The number of carbonyl (C=O) groups excluding carboxylic acids is 2. The number of carboxylic acids is 1. The van der Waals surface area contributed by atoms with Crippen LogP contribution in [0.15, 0.2) is 48.5 Å². The van der Waals surface area contributed by atoms with E-state index in [1.807, 2.05) is 45.0 Å². The van der Waals surface area contributed by atoms with Gasteiger partial charge in [-0.25, -0.2) is 9.07 Å². The smallest absolute Gasteiger partial charge is 0.550 e. The number of halogens is 1. The van der Waals surface area contributed by atoms with Crippen LogP contribution in [0.5, 0.6) is 0 Å². The molecule has 0 aliphatic heterocycles. The number of aromatic nitrogens is 2. The third kappa shape index (κ3) is 8.74. The van der Waals surface area contributed by atoms with E-state index in [1.54, 1.807) is 16.8 Å². The zero-order valence-electron chi connectivity index (χ0n) is 22.3. The minimum absolute atomic E-state index is 0. The number of amides is 1. The van der Waals surface area contributed by atoms with Crippen molar-refractivity contribution < 1.29 is 58.9 Å². The third-order valence-electron chi connectivity index (χ3n) is 6.08. The van der Waals surface area contributed by atoms with E-state index in [1.165, 1.54) is 12.1 Å². The molecule has 0 radical (unpaired) electrons. The molecule has 0 bridgehead atoms. The van der Waals surface area contributed by atoms with Crippen LogP contribution in [-0.4, -0.2) is 44.1 Å². The number of benzene rings is 2. The quantitative estimate of drug-likeness (QED) is 0.271. The van der Waals surface area contributed by atoms with Gasteiger partial charge >= 0.3 is 29.6 Å². The monoisotopic (exact) mass is 533 g/mol. The molecule has 0 saturated carbocycles. The first-order valence-corrected chi connectivity index (χ1v) is 12.3. The summed E-state index contributed by atoms with van der Waals surface area (Å²) >= 11 is 0. The summed E-state index contributed by atoms with van der Waals surface area (Å²) in [7, 11) is 0. The number of carbonyl (C=O) groups is 2. The maximum atomic E-state index is 13.6. The molecule has 8 nitrogen and oxygen atoms in total. The van der Waals surface area contributed by atoms with E-state index < -0.39 is 30.4 Å². The van der Waals surface area contributed by atoms with E-state index in [9.17, 15) is 29.3 Å². The molecule has 3 N–H and O–H groups in total. The van der Waals surface area contributed by atoms with Crippen LogP contribution >= 0.6 is 0 Å². The van der Waals surface area contributed by atoms with Crippen molar-refractivity contribution in [3.63, 3.8) is 0 Å². The second kappa shape index (κ2) is 14.6. The van der Waals surface area contributed by atoms with Gasteiger partial charge in [-0.15, -0.1) is 0 Å². The molecule has 2 aromatic carbocycles. The molecule has 1 amide bonds. The number of carboxylic acid groups (broad SMARTS) is 1. The third-order valence-corrected chi connectivity index (χ3v) is 6.08. The Bertz CT molecular complexity index is 1230. The van der Waals surface area contributed by atoms with Gasteiger partial charge in [-0.05, 0) is 61.9 Å². The zero-order chi connectivity index (χ0) is 27.1. The zero-order valence-corrected chi connectivity index (χ0v) is 24.3. The van der Waals surface area contributed by atoms with Gasteiger partial charge in [-0.3, -0.25) is 4.79 Å². The predicted molar refractivity (Wildman–Crippen MR) is 135 cm³/mol. The van der Waals surface area contributed by atoms with E-state index in [4.69, 9.17) is 0 Å². The number of aryl methyl sites for hydroxylation is 1. The minimum Gasteiger partial charge on any atom is -0.550 e. The number of hydrogen-bond donors (Lipinski definition) is 3. The average molecular weight is 534 g/mol. The molecule has 0 spiro atoms. The molecule has 2 atom stereocenters. The first kappa shape index (κ1) is 31.7. The van der Waals surface area contributed by atoms with Crippen molar-refractivity contribution >= 4 is 11.9 Å². The summed E-state index contributed by atoms with van der Waals surface area (Å²) in [5, 5.41) is 38.5. The van der Waals surface area contributed by atoms with Crippen molar-refractivity contribution in [3.05, 3.63) is 82.4 Å². The summed E-state index contributed by atoms with van der Waals surface area (Å²) < 4.78 is 15.2. The van der Waals surface area contributed by atoms with Crippen molar-refractivity contribution in [2.75, 3.05) is 0 Å². The van der Waals surface area contributed by atoms with Crippen molar-refractivity contribution in [1.29, 1.82) is 0 Å². The number of nitrogens with one attached hydrogen (secondary N) is 1. The van der Waals surface area contributed by atoms with Gasteiger partial charge < -0.3 is 25.4 Å². The molecular formula is C28H33FN3NaO5. The van der Waals surface area contributed by atoms with Gasteiger partial charge in [0.1, 0.15) is 5.82 Å². The van der Waals surface area contributed by atoms with E-state index in [-0.39, 0.29) is 59.9 Å². The van der Waals surface area contributed by atoms with E-state index in [2.05, 4.69) is 10.4 Å². The number of aliphatic carboxylic acids is 1. The summed E-state index contributed by atoms with van der Waals surface area (Å²) in [5.41, 5.74) is 4.22. The van der Waals surface area contributed by atoms with Crippen molar-refractivity contribution in [2.45, 2.75) is 71.1 Å². The summed E-state index contributed by atoms with van der Waals surface area (Å²) in [5.74, 6) is -2.24. The summed E-state index contributed by atoms with van der Waals surface area (Å²) in [4.78, 5) is 24.0. The van der Waals surface area contributed by atoms with Crippen molar-refractivity contribution in [2.24, 2.45) is 0 Å². The Morgan fingerprint density at radius 3 is 2.39 bits per heavy atom. The van der Waals surface area contributed by atoms with Gasteiger partial charge in [0, 0.05) is 30.2 Å². The summed E-state index contributed by atoms with van der Waals surface area (Å²) in [6, 6.07) is 13.5. The predicted octanol–water partition coefficient (Wildman–Crippen LogP) is -0.438. The fourth-order valence-electron chi connectivity index (χ4n) is 4.37. The Morgan fingerprint density at radius 2 is 1.79 bits per heavy atom. The maximum absolute atomic E-state index is 13.6. The van der Waals surface area contributed by atoms with Gasteiger partial charge in [0.25, 0.3) is 5.91 Å². The Hall–Kier alpha value is -2.56. The largest absolute Gasteiger partial charge is 1.00 e. The van der Waals surface area contributed by atoms with Crippen LogP contribution in [0.3, 0.4) is 0 Å². The normalized spacial score (nSPS) is 12.6. The number of aliphatic hydroxyl groups excluding tert-OH is 2. The second-order valence-corrected chi connectivity index (χ2v) is 9.58. The number of hydrogen-bond acceptors (Lipinski definition) is 6. The molecule has 10 heteroatoms. The van der Waals surface area contributed by atoms with Crippen molar-refractivity contribution in [3.8, 4) is 5.69 Å². The molecule has 0 saturated heterocycles. The molecule has 0 aliphatic carbocycles. The van der Waals surface area contributed by atoms with Crippen LogP contribution in [0.25, 0.3) is 5.69 Å².